The highest BCUT2D eigenvalue weighted by molar-refractivity contribution is 7.96. The van der Waals surface area contributed by atoms with Crippen LogP contribution in [0, 0.1) is 5.82 Å². The van der Waals surface area contributed by atoms with Crippen molar-refractivity contribution in [2.24, 2.45) is 0 Å². The lowest BCUT2D eigenvalue weighted by Crippen LogP contribution is -2.04. The molecule has 31 heavy (non-hydrogen) atoms. The summed E-state index contributed by atoms with van der Waals surface area (Å²) in [6, 6.07) is 25.4. The Morgan fingerprint density at radius 3 is 2.65 bits per heavy atom. The van der Waals surface area contributed by atoms with Crippen molar-refractivity contribution in [3.63, 3.8) is 0 Å². The van der Waals surface area contributed by atoms with Gasteiger partial charge in [0.2, 0.25) is 0 Å². The minimum atomic E-state index is -0.270. The van der Waals surface area contributed by atoms with E-state index in [0.29, 0.717) is 5.69 Å². The fourth-order valence-corrected chi connectivity index (χ4v) is 5.16. The minimum Gasteiger partial charge on any atom is -0.340 e. The summed E-state index contributed by atoms with van der Waals surface area (Å²) in [5.74, 6) is 1.40. The van der Waals surface area contributed by atoms with Crippen LogP contribution < -0.4 is 10.0 Å². The molecule has 0 amide bonds. The smallest absolute Gasteiger partial charge is 0.139 e. The number of hydrogen-bond donors (Lipinski definition) is 2. The first-order chi connectivity index (χ1) is 15.3. The second-order valence-electron chi connectivity index (χ2n) is 7.21. The highest BCUT2D eigenvalue weighted by atomic mass is 32.2. The van der Waals surface area contributed by atoms with E-state index in [1.54, 1.807) is 29.4 Å². The molecule has 0 aliphatic heterocycles. The van der Waals surface area contributed by atoms with Gasteiger partial charge in [0.1, 0.15) is 11.6 Å². The Morgan fingerprint density at radius 1 is 0.871 bits per heavy atom. The first kappa shape index (κ1) is 20.0. The molecule has 154 valence electrons. The molecule has 3 nitrogen and oxygen atoms in total. The van der Waals surface area contributed by atoms with Crippen LogP contribution in [-0.4, -0.2) is 4.98 Å². The molecule has 0 atom stereocenters. The third kappa shape index (κ3) is 4.56. The molecule has 0 spiro atoms. The van der Waals surface area contributed by atoms with E-state index in [9.17, 15) is 4.39 Å². The lowest BCUT2D eigenvalue weighted by Gasteiger charge is -2.11. The van der Waals surface area contributed by atoms with Crippen molar-refractivity contribution in [1.82, 2.24) is 9.71 Å². The Labute approximate surface area is 188 Å². The maximum atomic E-state index is 13.6. The third-order valence-corrected chi connectivity index (χ3v) is 6.78. The lowest BCUT2D eigenvalue weighted by molar-refractivity contribution is 0.628. The number of halogens is 1. The van der Waals surface area contributed by atoms with Crippen LogP contribution in [0.5, 0.6) is 0 Å². The van der Waals surface area contributed by atoms with Gasteiger partial charge in [0.15, 0.2) is 0 Å². The van der Waals surface area contributed by atoms with E-state index in [0.717, 1.165) is 34.4 Å². The first-order valence-electron chi connectivity index (χ1n) is 9.97. The van der Waals surface area contributed by atoms with Crippen molar-refractivity contribution < 1.29 is 4.39 Å². The van der Waals surface area contributed by atoms with E-state index in [1.807, 2.05) is 12.1 Å². The number of hydrogen-bond acceptors (Lipinski definition) is 5. The van der Waals surface area contributed by atoms with Crippen molar-refractivity contribution in [3.8, 4) is 0 Å². The Kier molecular flexibility index (Phi) is 5.84. The Hall–Kier alpha value is -2.93. The van der Waals surface area contributed by atoms with Gasteiger partial charge in [0, 0.05) is 33.5 Å². The van der Waals surface area contributed by atoms with Crippen LogP contribution in [0.3, 0.4) is 0 Å². The zero-order valence-corrected chi connectivity index (χ0v) is 18.3. The van der Waals surface area contributed by atoms with Crippen molar-refractivity contribution in [2.75, 3.05) is 5.32 Å². The van der Waals surface area contributed by atoms with Crippen molar-refractivity contribution in [3.05, 3.63) is 101 Å². The van der Waals surface area contributed by atoms with Gasteiger partial charge >= 0.3 is 0 Å². The number of nitrogens with zero attached hydrogens (tertiary/aromatic N) is 1. The monoisotopic (exact) mass is 445 g/mol. The number of nitrogens with one attached hydrogen (secondary N) is 2. The highest BCUT2D eigenvalue weighted by Gasteiger charge is 2.11. The minimum absolute atomic E-state index is 0.270. The molecule has 0 saturated carbocycles. The summed E-state index contributed by atoms with van der Waals surface area (Å²) < 4.78 is 18.2. The van der Waals surface area contributed by atoms with Crippen molar-refractivity contribution >= 4 is 55.8 Å². The number of fused-ring (bicyclic) bond motifs is 3. The van der Waals surface area contributed by atoms with Crippen LogP contribution in [0.2, 0.25) is 0 Å². The molecule has 0 fully saturated rings. The predicted molar refractivity (Wildman–Crippen MR) is 131 cm³/mol. The van der Waals surface area contributed by atoms with Gasteiger partial charge in [-0.2, -0.15) is 0 Å². The van der Waals surface area contributed by atoms with Gasteiger partial charge in [-0.15, -0.1) is 11.3 Å². The van der Waals surface area contributed by atoms with Gasteiger partial charge in [-0.1, -0.05) is 60.5 Å². The Bertz CT molecular complexity index is 1330. The number of rotatable bonds is 7. The molecule has 5 aromatic rings. The summed E-state index contributed by atoms with van der Waals surface area (Å²) in [7, 11) is 0. The van der Waals surface area contributed by atoms with Crippen LogP contribution in [-0.2, 0) is 12.3 Å². The van der Waals surface area contributed by atoms with Crippen LogP contribution in [0.4, 0.5) is 15.9 Å². The number of benzene rings is 3. The molecule has 2 N–H and O–H groups in total. The molecule has 0 aliphatic carbocycles. The molecule has 0 bridgehead atoms. The quantitative estimate of drug-likeness (QED) is 0.204. The normalized spacial score (nSPS) is 11.3. The van der Waals surface area contributed by atoms with Gasteiger partial charge < -0.3 is 5.32 Å². The van der Waals surface area contributed by atoms with E-state index in [-0.39, 0.29) is 5.82 Å². The van der Waals surface area contributed by atoms with Gasteiger partial charge in [0.25, 0.3) is 0 Å². The van der Waals surface area contributed by atoms with Crippen molar-refractivity contribution in [2.45, 2.75) is 12.3 Å². The molecule has 0 radical (unpaired) electrons. The molecule has 3 aromatic carbocycles. The van der Waals surface area contributed by atoms with Crippen LogP contribution in [0.1, 0.15) is 11.1 Å². The maximum Gasteiger partial charge on any atom is 0.139 e. The van der Waals surface area contributed by atoms with Crippen LogP contribution >= 0.6 is 23.3 Å². The Morgan fingerprint density at radius 2 is 1.77 bits per heavy atom. The maximum absolute atomic E-state index is 13.6. The van der Waals surface area contributed by atoms with Crippen molar-refractivity contribution in [1.29, 1.82) is 0 Å². The molecular weight excluding hydrogens is 425 g/mol. The van der Waals surface area contributed by atoms with Gasteiger partial charge in [-0.05, 0) is 46.8 Å². The van der Waals surface area contributed by atoms with E-state index in [2.05, 4.69) is 63.9 Å². The number of thiophene rings is 1. The van der Waals surface area contributed by atoms with E-state index in [4.69, 9.17) is 4.98 Å². The first-order valence-corrected chi connectivity index (χ1v) is 11.8. The van der Waals surface area contributed by atoms with E-state index >= 15 is 0 Å². The van der Waals surface area contributed by atoms with Gasteiger partial charge in [-0.25, -0.2) is 9.37 Å². The summed E-state index contributed by atoms with van der Waals surface area (Å²) in [5, 5.41) is 7.54. The molecule has 5 rings (SSSR count). The summed E-state index contributed by atoms with van der Waals surface area (Å²) in [6.45, 7) is 0.754. The fourth-order valence-electron chi connectivity index (χ4n) is 3.50. The second-order valence-corrected chi connectivity index (χ2v) is 8.99. The Balaban J connectivity index is 1.38. The average Bonchev–Trinajstić information content (AvgIpc) is 3.28. The average molecular weight is 446 g/mol. The largest absolute Gasteiger partial charge is 0.340 e. The molecule has 0 unspecified atom stereocenters. The van der Waals surface area contributed by atoms with Crippen LogP contribution in [0.15, 0.2) is 84.2 Å². The number of pyridine rings is 1. The van der Waals surface area contributed by atoms with Crippen LogP contribution in [0.25, 0.3) is 21.0 Å². The molecule has 2 aromatic heterocycles. The third-order valence-electron chi connectivity index (χ3n) is 5.01. The zero-order valence-electron chi connectivity index (χ0n) is 16.6. The SMILES string of the molecule is Fc1cccc(Nc2nc3cc(CNSCc4ccccc4)ccc3c3sccc23)c1. The highest BCUT2D eigenvalue weighted by Crippen LogP contribution is 2.35. The molecular formula is C25H20FN3S2. The standard InChI is InChI=1S/C25H20FN3S2/c26-19-7-4-8-20(14-19)28-25-22-11-12-30-24(22)21-10-9-18(13-23(21)29-25)15-27-31-16-17-5-2-1-3-6-17/h1-14,27H,15-16H2,(H,28,29). The second kappa shape index (κ2) is 9.06. The molecule has 6 heteroatoms. The summed E-state index contributed by atoms with van der Waals surface area (Å²) in [4.78, 5) is 4.88. The van der Waals surface area contributed by atoms with Gasteiger partial charge in [-0.3, -0.25) is 4.72 Å². The fraction of sp³-hybridized carbons (Fsp3) is 0.0800. The number of anilines is 2. The van der Waals surface area contributed by atoms with E-state index < -0.39 is 0 Å². The van der Waals surface area contributed by atoms with Gasteiger partial charge in [0.05, 0.1) is 5.52 Å². The summed E-state index contributed by atoms with van der Waals surface area (Å²) in [6.07, 6.45) is 0. The van der Waals surface area contributed by atoms with E-state index in [1.165, 1.54) is 28.0 Å². The molecule has 2 heterocycles. The summed E-state index contributed by atoms with van der Waals surface area (Å²) >= 11 is 3.40. The lowest BCUT2D eigenvalue weighted by atomic mass is 10.1. The molecule has 0 aliphatic rings. The summed E-state index contributed by atoms with van der Waals surface area (Å²) in [5.41, 5.74) is 4.09. The topological polar surface area (TPSA) is 37.0 Å². The molecule has 0 saturated heterocycles. The zero-order chi connectivity index (χ0) is 21.0. The predicted octanol–water partition coefficient (Wildman–Crippen LogP) is 7.27. The number of aromatic nitrogens is 1.